The highest BCUT2D eigenvalue weighted by atomic mass is 35.5. The number of amides is 1. The summed E-state index contributed by atoms with van der Waals surface area (Å²) in [6, 6.07) is 7.97. The number of carbonyl (C=O) groups excluding carboxylic acids is 1. The van der Waals surface area contributed by atoms with Crippen molar-refractivity contribution in [3.63, 3.8) is 0 Å². The van der Waals surface area contributed by atoms with Crippen molar-refractivity contribution in [1.29, 1.82) is 0 Å². The molecule has 1 aliphatic heterocycles. The van der Waals surface area contributed by atoms with Crippen LogP contribution in [0.15, 0.2) is 24.3 Å². The van der Waals surface area contributed by atoms with Crippen molar-refractivity contribution in [2.45, 2.75) is 18.8 Å². The molecule has 19 heavy (non-hydrogen) atoms. The summed E-state index contributed by atoms with van der Waals surface area (Å²) in [7, 11) is 1.87. The van der Waals surface area contributed by atoms with E-state index in [1.54, 1.807) is 0 Å². The first-order chi connectivity index (χ1) is 8.70. The summed E-state index contributed by atoms with van der Waals surface area (Å²) in [4.78, 5) is 13.9. The predicted molar refractivity (Wildman–Crippen MR) is 81.2 cm³/mol. The van der Waals surface area contributed by atoms with E-state index in [0.717, 1.165) is 31.1 Å². The molecule has 2 rings (SSSR count). The molecule has 1 saturated heterocycles. The van der Waals surface area contributed by atoms with Gasteiger partial charge in [0.1, 0.15) is 0 Å². The molecule has 1 aliphatic rings. The minimum atomic E-state index is 0. The van der Waals surface area contributed by atoms with Gasteiger partial charge in [0.05, 0.1) is 0 Å². The van der Waals surface area contributed by atoms with Crippen LogP contribution in [0.25, 0.3) is 0 Å². The monoisotopic (exact) mass is 302 g/mol. The van der Waals surface area contributed by atoms with Gasteiger partial charge in [0.15, 0.2) is 0 Å². The van der Waals surface area contributed by atoms with E-state index in [-0.39, 0.29) is 18.3 Å². The Labute approximate surface area is 125 Å². The van der Waals surface area contributed by atoms with Gasteiger partial charge in [-0.1, -0.05) is 23.7 Å². The number of hydrogen-bond donors (Lipinski definition) is 1. The normalized spacial score (nSPS) is 18.2. The fraction of sp³-hybridized carbons (Fsp3) is 0.500. The first kappa shape index (κ1) is 16.3. The van der Waals surface area contributed by atoms with E-state index in [4.69, 9.17) is 11.6 Å². The largest absolute Gasteiger partial charge is 0.342 e. The Kier molecular flexibility index (Phi) is 6.63. The van der Waals surface area contributed by atoms with E-state index < -0.39 is 0 Å². The van der Waals surface area contributed by atoms with Gasteiger partial charge in [0, 0.05) is 37.0 Å². The van der Waals surface area contributed by atoms with E-state index in [1.807, 2.05) is 24.1 Å². The van der Waals surface area contributed by atoms with Gasteiger partial charge >= 0.3 is 0 Å². The number of carbonyl (C=O) groups is 1. The molecule has 3 nitrogen and oxygen atoms in total. The lowest BCUT2D eigenvalue weighted by molar-refractivity contribution is -0.130. The molecule has 0 aliphatic carbocycles. The van der Waals surface area contributed by atoms with Crippen molar-refractivity contribution in [3.8, 4) is 0 Å². The Bertz CT molecular complexity index is 408. The van der Waals surface area contributed by atoms with E-state index in [0.29, 0.717) is 12.3 Å². The quantitative estimate of drug-likeness (QED) is 0.927. The highest BCUT2D eigenvalue weighted by molar-refractivity contribution is 6.30. The van der Waals surface area contributed by atoms with Gasteiger partial charge in [-0.3, -0.25) is 4.79 Å². The molecule has 0 aromatic heterocycles. The Morgan fingerprint density at radius 1 is 1.42 bits per heavy atom. The maximum atomic E-state index is 11.9. The van der Waals surface area contributed by atoms with Gasteiger partial charge in [-0.25, -0.2) is 0 Å². The predicted octanol–water partition coefficient (Wildman–Crippen LogP) is 2.69. The topological polar surface area (TPSA) is 32.3 Å². The minimum absolute atomic E-state index is 0. The van der Waals surface area contributed by atoms with Crippen LogP contribution in [0.1, 0.15) is 24.3 Å². The number of nitrogens with zero attached hydrogens (tertiary/aromatic N) is 1. The molecule has 106 valence electrons. The summed E-state index contributed by atoms with van der Waals surface area (Å²) in [6.45, 7) is 2.46. The van der Waals surface area contributed by atoms with Crippen molar-refractivity contribution in [2.75, 3.05) is 26.7 Å². The first-order valence-corrected chi connectivity index (χ1v) is 6.76. The second-order valence-electron chi connectivity index (χ2n) is 4.73. The number of hydrogen-bond acceptors (Lipinski definition) is 2. The SMILES string of the molecule is CNCCC(=O)N1CCC(c2ccc(Cl)cc2)C1.Cl. The third-order valence-corrected chi connectivity index (χ3v) is 3.72. The molecule has 1 heterocycles. The molecule has 5 heteroatoms. The molecule has 1 aromatic carbocycles. The lowest BCUT2D eigenvalue weighted by Crippen LogP contribution is -2.30. The lowest BCUT2D eigenvalue weighted by Gasteiger charge is -2.16. The van der Waals surface area contributed by atoms with Crippen LogP contribution in [0.3, 0.4) is 0 Å². The van der Waals surface area contributed by atoms with Crippen LogP contribution in [-0.4, -0.2) is 37.5 Å². The summed E-state index contributed by atoms with van der Waals surface area (Å²) >= 11 is 5.88. The smallest absolute Gasteiger partial charge is 0.223 e. The molecular weight excluding hydrogens is 283 g/mol. The zero-order valence-electron chi connectivity index (χ0n) is 11.1. The molecule has 1 amide bonds. The van der Waals surface area contributed by atoms with Crippen LogP contribution in [0, 0.1) is 0 Å². The van der Waals surface area contributed by atoms with E-state index in [1.165, 1.54) is 5.56 Å². The van der Waals surface area contributed by atoms with Gasteiger partial charge in [-0.15, -0.1) is 12.4 Å². The zero-order valence-corrected chi connectivity index (χ0v) is 12.6. The van der Waals surface area contributed by atoms with E-state index in [9.17, 15) is 4.79 Å². The summed E-state index contributed by atoms with van der Waals surface area (Å²) in [5.41, 5.74) is 1.28. The summed E-state index contributed by atoms with van der Waals surface area (Å²) in [6.07, 6.45) is 1.64. The molecule has 0 bridgehead atoms. The summed E-state index contributed by atoms with van der Waals surface area (Å²) in [5.74, 6) is 0.710. The van der Waals surface area contributed by atoms with E-state index >= 15 is 0 Å². The number of likely N-dealkylation sites (tertiary alicyclic amines) is 1. The zero-order chi connectivity index (χ0) is 13.0. The Morgan fingerprint density at radius 2 is 2.11 bits per heavy atom. The third-order valence-electron chi connectivity index (χ3n) is 3.47. The van der Waals surface area contributed by atoms with Crippen LogP contribution in [0.2, 0.25) is 5.02 Å². The Balaban J connectivity index is 0.00000180. The maximum Gasteiger partial charge on any atom is 0.223 e. The Hall–Kier alpha value is -0.770. The number of benzene rings is 1. The minimum Gasteiger partial charge on any atom is -0.342 e. The van der Waals surface area contributed by atoms with Crippen LogP contribution in [-0.2, 0) is 4.79 Å². The van der Waals surface area contributed by atoms with Gasteiger partial charge in [0.25, 0.3) is 0 Å². The molecule has 1 aromatic rings. The molecule has 1 N–H and O–H groups in total. The summed E-state index contributed by atoms with van der Waals surface area (Å²) in [5, 5.41) is 3.77. The molecule has 0 spiro atoms. The number of halogens is 2. The highest BCUT2D eigenvalue weighted by Gasteiger charge is 2.26. The molecule has 1 atom stereocenters. The van der Waals surface area contributed by atoms with Crippen LogP contribution in [0.4, 0.5) is 0 Å². The van der Waals surface area contributed by atoms with Crippen LogP contribution < -0.4 is 5.32 Å². The number of nitrogens with one attached hydrogen (secondary N) is 1. The average Bonchev–Trinajstić information content (AvgIpc) is 2.86. The van der Waals surface area contributed by atoms with Crippen molar-refractivity contribution in [1.82, 2.24) is 10.2 Å². The summed E-state index contributed by atoms with van der Waals surface area (Å²) < 4.78 is 0. The van der Waals surface area contributed by atoms with Crippen molar-refractivity contribution in [3.05, 3.63) is 34.9 Å². The van der Waals surface area contributed by atoms with Crippen molar-refractivity contribution in [2.24, 2.45) is 0 Å². The first-order valence-electron chi connectivity index (χ1n) is 6.38. The molecule has 1 unspecified atom stereocenters. The van der Waals surface area contributed by atoms with Crippen molar-refractivity contribution < 1.29 is 4.79 Å². The molecule has 0 radical (unpaired) electrons. The second-order valence-corrected chi connectivity index (χ2v) is 5.17. The molecular formula is C14H20Cl2N2O. The average molecular weight is 303 g/mol. The second kappa shape index (κ2) is 7.73. The van der Waals surface area contributed by atoms with Gasteiger partial charge in [-0.2, -0.15) is 0 Å². The fourth-order valence-corrected chi connectivity index (χ4v) is 2.51. The third kappa shape index (κ3) is 4.37. The van der Waals surface area contributed by atoms with Gasteiger partial charge < -0.3 is 10.2 Å². The standard InChI is InChI=1S/C14H19ClN2O.ClH/c1-16-8-6-14(18)17-9-7-12(10-17)11-2-4-13(15)5-3-11;/h2-5,12,16H,6-10H2,1H3;1H. The highest BCUT2D eigenvalue weighted by Crippen LogP contribution is 2.28. The molecule has 1 fully saturated rings. The molecule has 0 saturated carbocycles. The van der Waals surface area contributed by atoms with Crippen LogP contribution in [0.5, 0.6) is 0 Å². The van der Waals surface area contributed by atoms with Crippen LogP contribution >= 0.6 is 24.0 Å². The van der Waals surface area contributed by atoms with E-state index in [2.05, 4.69) is 17.4 Å². The van der Waals surface area contributed by atoms with Gasteiger partial charge in [0.2, 0.25) is 5.91 Å². The lowest BCUT2D eigenvalue weighted by atomic mass is 9.99. The fourth-order valence-electron chi connectivity index (χ4n) is 2.38. The number of rotatable bonds is 4. The maximum absolute atomic E-state index is 11.9. The van der Waals surface area contributed by atoms with Crippen molar-refractivity contribution >= 4 is 29.9 Å². The van der Waals surface area contributed by atoms with Gasteiger partial charge in [-0.05, 0) is 31.2 Å². The Morgan fingerprint density at radius 3 is 2.74 bits per heavy atom.